The van der Waals surface area contributed by atoms with Crippen LogP contribution in [0.15, 0.2) is 0 Å². The second-order valence-electron chi connectivity index (χ2n) is 6.17. The lowest BCUT2D eigenvalue weighted by molar-refractivity contribution is -0.314. The lowest BCUT2D eigenvalue weighted by Gasteiger charge is -2.44. The molecule has 11 heteroatoms. The Labute approximate surface area is 171 Å². The lowest BCUT2D eigenvalue weighted by atomic mass is 9.98. The first-order valence-electron chi connectivity index (χ1n) is 8.57. The van der Waals surface area contributed by atoms with Gasteiger partial charge in [0.2, 0.25) is 0 Å². The molecule has 0 aromatic heterocycles. The van der Waals surface area contributed by atoms with Gasteiger partial charge >= 0.3 is 23.9 Å². The monoisotopic (exact) mass is 468 g/mol. The van der Waals surface area contributed by atoms with Crippen molar-refractivity contribution in [2.24, 2.45) is 0 Å². The Hall–Kier alpha value is -1.72. The van der Waals surface area contributed by atoms with E-state index < -0.39 is 54.6 Å². The summed E-state index contributed by atoms with van der Waals surface area (Å²) in [7, 11) is 0. The number of halogens is 1. The van der Waals surface area contributed by atoms with Crippen LogP contribution < -0.4 is 0 Å². The largest absolute Gasteiger partial charge is 0.463 e. The molecule has 1 aliphatic heterocycles. The van der Waals surface area contributed by atoms with Gasteiger partial charge in [-0.05, 0) is 6.92 Å². The first-order chi connectivity index (χ1) is 13.0. The molecule has 0 spiro atoms. The van der Waals surface area contributed by atoms with E-state index in [1.165, 1.54) is 13.8 Å². The van der Waals surface area contributed by atoms with Crippen LogP contribution in [0, 0.1) is 0 Å². The van der Waals surface area contributed by atoms with Gasteiger partial charge in [0.15, 0.2) is 24.6 Å². The highest BCUT2D eigenvalue weighted by molar-refractivity contribution is 9.09. The summed E-state index contributed by atoms with van der Waals surface area (Å²) < 4.78 is 32.3. The predicted molar refractivity (Wildman–Crippen MR) is 96.3 cm³/mol. The molecule has 0 radical (unpaired) electrons. The Morgan fingerprint density at radius 3 is 1.82 bits per heavy atom. The fraction of sp³-hybridized carbons (Fsp3) is 0.765. The summed E-state index contributed by atoms with van der Waals surface area (Å²) in [5, 5.41) is 0.444. The van der Waals surface area contributed by atoms with Crippen LogP contribution in [0.5, 0.6) is 0 Å². The fourth-order valence-electron chi connectivity index (χ4n) is 2.56. The van der Waals surface area contributed by atoms with Gasteiger partial charge in [-0.2, -0.15) is 0 Å². The van der Waals surface area contributed by atoms with Gasteiger partial charge in [0.05, 0.1) is 6.10 Å². The van der Waals surface area contributed by atoms with Crippen molar-refractivity contribution in [2.75, 3.05) is 11.9 Å². The molecule has 0 aliphatic carbocycles. The van der Waals surface area contributed by atoms with Crippen LogP contribution in [-0.4, -0.2) is 72.6 Å². The van der Waals surface area contributed by atoms with Crippen LogP contribution >= 0.6 is 15.9 Å². The number of alkyl halides is 1. The van der Waals surface area contributed by atoms with Crippen LogP contribution in [0.4, 0.5) is 0 Å². The maximum atomic E-state index is 11.7. The van der Waals surface area contributed by atoms with Gasteiger partial charge in [-0.25, -0.2) is 0 Å². The molecule has 10 nitrogen and oxygen atoms in total. The van der Waals surface area contributed by atoms with E-state index in [0.717, 1.165) is 13.8 Å². The van der Waals surface area contributed by atoms with E-state index in [9.17, 15) is 19.2 Å². The molecule has 160 valence electrons. The van der Waals surface area contributed by atoms with Gasteiger partial charge < -0.3 is 28.4 Å². The van der Waals surface area contributed by atoms with Crippen molar-refractivity contribution < 1.29 is 47.6 Å². The van der Waals surface area contributed by atoms with Gasteiger partial charge in [-0.1, -0.05) is 15.9 Å². The number of hydrogen-bond donors (Lipinski definition) is 0. The highest BCUT2D eigenvalue weighted by atomic mass is 79.9. The van der Waals surface area contributed by atoms with E-state index in [1.807, 2.05) is 0 Å². The van der Waals surface area contributed by atoms with E-state index in [2.05, 4.69) is 15.9 Å². The van der Waals surface area contributed by atoms with Crippen molar-refractivity contribution in [3.05, 3.63) is 0 Å². The molecule has 1 fully saturated rings. The quantitative estimate of drug-likeness (QED) is 0.287. The molecule has 1 rings (SSSR count). The van der Waals surface area contributed by atoms with Crippen molar-refractivity contribution in [3.63, 3.8) is 0 Å². The van der Waals surface area contributed by atoms with Crippen LogP contribution in [0.1, 0.15) is 34.6 Å². The first kappa shape index (κ1) is 24.3. The standard InChI is InChI=1S/C17H25BrO10/c1-8(6-18)24-17-16(27-12(5)22)15(26-11(4)21)14(25-10(3)20)13(28-17)7-23-9(2)19/h8,13-17H,6-7H2,1-5H3/t8-,13-,14+,15+,16-,17-/m1/s1. The molecule has 0 aromatic rings. The molecule has 0 bridgehead atoms. The predicted octanol–water partition coefficient (Wildman–Crippen LogP) is 0.869. The van der Waals surface area contributed by atoms with E-state index in [-0.39, 0.29) is 12.7 Å². The number of esters is 4. The number of carbonyl (C=O) groups is 4. The van der Waals surface area contributed by atoms with Crippen molar-refractivity contribution in [1.29, 1.82) is 0 Å². The third-order valence-electron chi connectivity index (χ3n) is 3.53. The van der Waals surface area contributed by atoms with Crippen LogP contribution in [0.25, 0.3) is 0 Å². The minimum Gasteiger partial charge on any atom is -0.463 e. The minimum absolute atomic E-state index is 0.291. The molecule has 1 heterocycles. The first-order valence-corrected chi connectivity index (χ1v) is 9.69. The smallest absolute Gasteiger partial charge is 0.303 e. The second-order valence-corrected chi connectivity index (χ2v) is 6.82. The summed E-state index contributed by atoms with van der Waals surface area (Å²) in [4.78, 5) is 46.1. The van der Waals surface area contributed by atoms with Crippen LogP contribution in [0.2, 0.25) is 0 Å². The molecule has 0 N–H and O–H groups in total. The van der Waals surface area contributed by atoms with Gasteiger partial charge in [0, 0.05) is 33.0 Å². The molecule has 1 saturated heterocycles. The molecule has 0 unspecified atom stereocenters. The highest BCUT2D eigenvalue weighted by Gasteiger charge is 2.53. The van der Waals surface area contributed by atoms with Crippen molar-refractivity contribution >= 4 is 39.8 Å². The van der Waals surface area contributed by atoms with Crippen molar-refractivity contribution in [1.82, 2.24) is 0 Å². The average Bonchev–Trinajstić information content (AvgIpc) is 2.57. The van der Waals surface area contributed by atoms with Crippen molar-refractivity contribution in [3.8, 4) is 0 Å². The van der Waals surface area contributed by atoms with Crippen LogP contribution in [0.3, 0.4) is 0 Å². The van der Waals surface area contributed by atoms with Gasteiger partial charge in [0.1, 0.15) is 12.7 Å². The summed E-state index contributed by atoms with van der Waals surface area (Å²) in [6.45, 7) is 6.13. The molecule has 0 amide bonds. The molecular weight excluding hydrogens is 444 g/mol. The number of rotatable bonds is 8. The SMILES string of the molecule is CC(=O)OC[C@H]1O[C@@H](O[C@H](C)CBr)[C@H](OC(C)=O)[C@@H](OC(C)=O)[C@H]1OC(C)=O. The Balaban J connectivity index is 3.28. The highest BCUT2D eigenvalue weighted by Crippen LogP contribution is 2.30. The topological polar surface area (TPSA) is 124 Å². The Morgan fingerprint density at radius 1 is 0.857 bits per heavy atom. The van der Waals surface area contributed by atoms with Gasteiger partial charge in [0.25, 0.3) is 0 Å². The van der Waals surface area contributed by atoms with E-state index in [1.54, 1.807) is 6.92 Å². The summed E-state index contributed by atoms with van der Waals surface area (Å²) in [5.41, 5.74) is 0. The summed E-state index contributed by atoms with van der Waals surface area (Å²) in [6.07, 6.45) is -6.16. The summed E-state index contributed by atoms with van der Waals surface area (Å²) in [5.74, 6) is -2.64. The van der Waals surface area contributed by atoms with Gasteiger partial charge in [-0.3, -0.25) is 19.2 Å². The number of carbonyl (C=O) groups excluding carboxylic acids is 4. The van der Waals surface area contributed by atoms with Gasteiger partial charge in [-0.15, -0.1) is 0 Å². The zero-order chi connectivity index (χ0) is 21.4. The minimum atomic E-state index is -1.23. The zero-order valence-electron chi connectivity index (χ0n) is 16.3. The maximum absolute atomic E-state index is 11.7. The molecule has 0 aromatic carbocycles. The lowest BCUT2D eigenvalue weighted by Crippen LogP contribution is -2.63. The average molecular weight is 469 g/mol. The second kappa shape index (κ2) is 11.3. The summed E-state index contributed by atoms with van der Waals surface area (Å²) >= 11 is 3.26. The van der Waals surface area contributed by atoms with E-state index in [4.69, 9.17) is 28.4 Å². The van der Waals surface area contributed by atoms with E-state index >= 15 is 0 Å². The third kappa shape index (κ3) is 7.72. The number of hydrogen-bond acceptors (Lipinski definition) is 10. The molecule has 28 heavy (non-hydrogen) atoms. The fourth-order valence-corrected chi connectivity index (χ4v) is 2.72. The molecule has 0 saturated carbocycles. The molecule has 1 aliphatic rings. The summed E-state index contributed by atoms with van der Waals surface area (Å²) in [6, 6.07) is 0. The third-order valence-corrected chi connectivity index (χ3v) is 4.44. The zero-order valence-corrected chi connectivity index (χ0v) is 17.9. The molecule has 6 atom stereocenters. The number of ether oxygens (including phenoxy) is 6. The Kier molecular flexibility index (Phi) is 9.83. The Bertz CT molecular complexity index is 580. The van der Waals surface area contributed by atoms with Crippen molar-refractivity contribution in [2.45, 2.75) is 71.4 Å². The van der Waals surface area contributed by atoms with Crippen LogP contribution in [-0.2, 0) is 47.6 Å². The molecular formula is C17H25BrO10. The van der Waals surface area contributed by atoms with E-state index in [0.29, 0.717) is 5.33 Å². The maximum Gasteiger partial charge on any atom is 0.303 e. The Morgan fingerprint density at radius 2 is 1.36 bits per heavy atom. The normalized spacial score (nSPS) is 28.0.